The van der Waals surface area contributed by atoms with Crippen LogP contribution >= 0.6 is 0 Å². The Morgan fingerprint density at radius 3 is 2.87 bits per heavy atom. The molecule has 3 aliphatic heterocycles. The molecule has 0 amide bonds. The fourth-order valence-electron chi connectivity index (χ4n) is 1.46. The van der Waals surface area contributed by atoms with Crippen LogP contribution in [0.5, 0.6) is 0 Å². The number of halogens is 1. The Hall–Kier alpha value is 0.758. The van der Waals surface area contributed by atoms with Crippen molar-refractivity contribution in [3.8, 4) is 0 Å². The van der Waals surface area contributed by atoms with Gasteiger partial charge >= 0.3 is 110 Å². The Morgan fingerprint density at radius 2 is 2.07 bits per heavy atom. The summed E-state index contributed by atoms with van der Waals surface area (Å²) >= 11 is 1.06. The van der Waals surface area contributed by atoms with Crippen LogP contribution in [0.4, 0.5) is 4.39 Å². The first kappa shape index (κ1) is 10.9. The van der Waals surface area contributed by atoms with Crippen molar-refractivity contribution in [2.75, 3.05) is 6.54 Å². The molecular formula is C7H5FN3Se4. The van der Waals surface area contributed by atoms with Crippen LogP contribution in [-0.2, 0) is 0 Å². The molecule has 79 valence electrons. The quantitative estimate of drug-likeness (QED) is 0.465. The molecule has 3 aliphatic rings. The zero-order chi connectivity index (χ0) is 10.4. The molecular weight excluding hydrogens is 461 g/mol. The number of nitrogens with zero attached hydrogens (tertiary/aromatic N) is 3. The Morgan fingerprint density at radius 1 is 1.27 bits per heavy atom. The fourth-order valence-corrected chi connectivity index (χ4v) is 12.8. The average molecular weight is 466 g/mol. The van der Waals surface area contributed by atoms with Gasteiger partial charge in [0.2, 0.25) is 0 Å². The van der Waals surface area contributed by atoms with Crippen molar-refractivity contribution in [3.63, 3.8) is 0 Å². The van der Waals surface area contributed by atoms with Gasteiger partial charge in [-0.3, -0.25) is 0 Å². The predicted octanol–water partition coefficient (Wildman–Crippen LogP) is -0.821. The van der Waals surface area contributed by atoms with Gasteiger partial charge in [0.25, 0.3) is 0 Å². The number of likely N-dealkylation sites (N-methyl/N-ethyl adjacent to an activating group) is 1. The molecule has 3 rings (SSSR count). The SMILES string of the molecule is CCN1C2=N[Se][Se]C2=C(F)C2=C1[N][Se][Se]2. The maximum atomic E-state index is 14.1. The second kappa shape index (κ2) is 4.21. The van der Waals surface area contributed by atoms with Gasteiger partial charge in [0.05, 0.1) is 0 Å². The van der Waals surface area contributed by atoms with Gasteiger partial charge in [-0.15, -0.1) is 0 Å². The van der Waals surface area contributed by atoms with E-state index in [2.05, 4.69) is 20.2 Å². The van der Waals surface area contributed by atoms with E-state index >= 15 is 0 Å². The second-order valence-electron chi connectivity index (χ2n) is 2.86. The standard InChI is InChI=1S/C7H5FN3Se4/c1-2-11-6-4(12-14-9-6)3(8)5-7(11)10-15-13-5/h2H2,1H3. The number of hydrogen-bond acceptors (Lipinski definition) is 2. The first-order chi connectivity index (χ1) is 7.33. The van der Waals surface area contributed by atoms with E-state index in [1.165, 1.54) is 0 Å². The molecule has 0 unspecified atom stereocenters. The molecule has 3 nitrogen and oxygen atoms in total. The van der Waals surface area contributed by atoms with Gasteiger partial charge in [-0.2, -0.15) is 0 Å². The maximum absolute atomic E-state index is 14.1. The van der Waals surface area contributed by atoms with Crippen LogP contribution in [0.15, 0.2) is 24.6 Å². The molecule has 1 radical (unpaired) electrons. The number of allylic oxidation sites excluding steroid dienone is 2. The molecule has 8 heteroatoms. The van der Waals surface area contributed by atoms with E-state index in [4.69, 9.17) is 0 Å². The molecule has 0 fully saturated rings. The molecule has 0 spiro atoms. The summed E-state index contributed by atoms with van der Waals surface area (Å²) in [6.07, 6.45) is 0. The third-order valence-corrected chi connectivity index (χ3v) is 12.6. The average Bonchev–Trinajstić information content (AvgIpc) is 2.85. The number of amidine groups is 1. The van der Waals surface area contributed by atoms with Crippen molar-refractivity contribution in [2.45, 2.75) is 6.92 Å². The number of rotatable bonds is 1. The summed E-state index contributed by atoms with van der Waals surface area (Å²) in [6, 6.07) is 0. The van der Waals surface area contributed by atoms with E-state index in [0.717, 1.165) is 27.1 Å². The summed E-state index contributed by atoms with van der Waals surface area (Å²) in [6.45, 7) is 2.94. The Labute approximate surface area is 110 Å². The van der Waals surface area contributed by atoms with Crippen LogP contribution in [0, 0.1) is 0 Å². The van der Waals surface area contributed by atoms with Crippen molar-refractivity contribution in [1.82, 2.24) is 9.23 Å². The molecule has 3 heterocycles. The summed E-state index contributed by atoms with van der Waals surface area (Å²) < 4.78 is 24.9. The summed E-state index contributed by atoms with van der Waals surface area (Å²) in [5, 5.41) is 0. The van der Waals surface area contributed by atoms with Crippen LogP contribution in [0.2, 0.25) is 0 Å². The third kappa shape index (κ3) is 1.60. The number of hydrogen-bond donors (Lipinski definition) is 0. The van der Waals surface area contributed by atoms with Gasteiger partial charge in [-0.25, -0.2) is 0 Å². The Bertz CT molecular complexity index is 416. The van der Waals surface area contributed by atoms with Crippen molar-refractivity contribution in [3.05, 3.63) is 20.6 Å². The van der Waals surface area contributed by atoms with E-state index in [-0.39, 0.29) is 58.8 Å². The first-order valence-electron chi connectivity index (χ1n) is 4.21. The molecule has 0 atom stereocenters. The minimum atomic E-state index is 0.0379. The minimum absolute atomic E-state index is 0.0379. The van der Waals surface area contributed by atoms with Crippen molar-refractivity contribution >= 4 is 58.8 Å². The topological polar surface area (TPSA) is 29.7 Å². The number of fused-ring (bicyclic) bond motifs is 1. The van der Waals surface area contributed by atoms with Gasteiger partial charge in [0.1, 0.15) is 0 Å². The van der Waals surface area contributed by atoms with E-state index < -0.39 is 0 Å². The Balaban J connectivity index is 2.14. The van der Waals surface area contributed by atoms with Crippen LogP contribution in [0.3, 0.4) is 0 Å². The van der Waals surface area contributed by atoms with E-state index in [9.17, 15) is 4.39 Å². The molecule has 15 heavy (non-hydrogen) atoms. The predicted molar refractivity (Wildman–Crippen MR) is 60.1 cm³/mol. The summed E-state index contributed by atoms with van der Waals surface area (Å²) in [5.74, 6) is 1.83. The molecule has 0 aromatic heterocycles. The molecule has 0 saturated heterocycles. The molecule has 0 N–H and O–H groups in total. The molecule has 0 aromatic carbocycles. The summed E-state index contributed by atoms with van der Waals surface area (Å²) in [5.41, 5.74) is 0. The monoisotopic (exact) mass is 470 g/mol. The molecule has 0 aromatic rings. The molecule has 0 aliphatic carbocycles. The van der Waals surface area contributed by atoms with Crippen molar-refractivity contribution in [2.24, 2.45) is 4.01 Å². The fraction of sp³-hybridized carbons (Fsp3) is 0.286. The van der Waals surface area contributed by atoms with Gasteiger partial charge < -0.3 is 0 Å². The third-order valence-electron chi connectivity index (χ3n) is 2.12. The van der Waals surface area contributed by atoms with Gasteiger partial charge in [0.15, 0.2) is 0 Å². The zero-order valence-electron chi connectivity index (χ0n) is 7.56. The normalized spacial score (nSPS) is 24.1. The van der Waals surface area contributed by atoms with E-state index in [1.807, 2.05) is 0 Å². The molecule has 0 bridgehead atoms. The van der Waals surface area contributed by atoms with Gasteiger partial charge in [-0.1, -0.05) is 0 Å². The zero-order valence-corrected chi connectivity index (χ0v) is 14.4. The second-order valence-corrected chi connectivity index (χ2v) is 13.6. The van der Waals surface area contributed by atoms with Crippen molar-refractivity contribution < 1.29 is 4.39 Å². The van der Waals surface area contributed by atoms with Crippen LogP contribution in [0.1, 0.15) is 6.92 Å². The summed E-state index contributed by atoms with van der Waals surface area (Å²) in [4.78, 5) is 2.11. The van der Waals surface area contributed by atoms with Crippen molar-refractivity contribution in [1.29, 1.82) is 0 Å². The van der Waals surface area contributed by atoms with E-state index in [0.29, 0.717) is 0 Å². The van der Waals surface area contributed by atoms with Crippen LogP contribution in [-0.4, -0.2) is 70.2 Å². The van der Waals surface area contributed by atoms with Crippen LogP contribution < -0.4 is 4.33 Å². The first-order valence-corrected chi connectivity index (χ1v) is 16.1. The summed E-state index contributed by atoms with van der Waals surface area (Å²) in [7, 11) is 0. The van der Waals surface area contributed by atoms with Crippen LogP contribution in [0.25, 0.3) is 0 Å². The Kier molecular flexibility index (Phi) is 3.05. The van der Waals surface area contributed by atoms with Gasteiger partial charge in [0, 0.05) is 0 Å². The van der Waals surface area contributed by atoms with Gasteiger partial charge in [-0.05, 0) is 0 Å². The van der Waals surface area contributed by atoms with E-state index in [1.54, 1.807) is 0 Å². The molecule has 0 saturated carbocycles.